The fourth-order valence-electron chi connectivity index (χ4n) is 2.01. The molecule has 1 aromatic heterocycles. The smallest absolute Gasteiger partial charge is 0.157 e. The van der Waals surface area contributed by atoms with Crippen LogP contribution in [0.2, 0.25) is 0 Å². The van der Waals surface area contributed by atoms with Gasteiger partial charge in [-0.1, -0.05) is 0 Å². The lowest BCUT2D eigenvalue weighted by Gasteiger charge is -2.10. The van der Waals surface area contributed by atoms with Crippen LogP contribution in [-0.2, 0) is 6.42 Å². The summed E-state index contributed by atoms with van der Waals surface area (Å²) in [5.41, 5.74) is 3.06. The molecule has 92 valence electrons. The molecule has 1 aromatic carbocycles. The predicted molar refractivity (Wildman–Crippen MR) is 70.5 cm³/mol. The first-order valence-corrected chi connectivity index (χ1v) is 5.85. The molecule has 0 unspecified atom stereocenters. The van der Waals surface area contributed by atoms with Crippen LogP contribution in [0.5, 0.6) is 5.75 Å². The molecule has 0 aliphatic carbocycles. The number of rotatable bonds is 3. The first-order valence-electron chi connectivity index (χ1n) is 5.85. The molecule has 0 saturated heterocycles. The van der Waals surface area contributed by atoms with Crippen LogP contribution >= 0.6 is 0 Å². The van der Waals surface area contributed by atoms with Gasteiger partial charge < -0.3 is 15.4 Å². The number of fused-ring (bicyclic) bond motifs is 1. The third kappa shape index (κ3) is 1.95. The van der Waals surface area contributed by atoms with Crippen LogP contribution in [0, 0.1) is 0 Å². The van der Waals surface area contributed by atoms with Gasteiger partial charge in [0, 0.05) is 18.7 Å². The van der Waals surface area contributed by atoms with Crippen molar-refractivity contribution in [2.45, 2.75) is 6.42 Å². The molecular formula is C13H14N4O. The highest BCUT2D eigenvalue weighted by atomic mass is 16.5. The van der Waals surface area contributed by atoms with E-state index in [9.17, 15) is 0 Å². The minimum Gasteiger partial charge on any atom is -0.497 e. The minimum absolute atomic E-state index is 0.822. The van der Waals surface area contributed by atoms with E-state index < -0.39 is 0 Å². The lowest BCUT2D eigenvalue weighted by molar-refractivity contribution is 0.415. The second-order valence-corrected chi connectivity index (χ2v) is 4.07. The van der Waals surface area contributed by atoms with Gasteiger partial charge in [-0.15, -0.1) is 0 Å². The molecule has 0 fully saturated rings. The maximum absolute atomic E-state index is 5.13. The van der Waals surface area contributed by atoms with Gasteiger partial charge in [-0.2, -0.15) is 0 Å². The SMILES string of the molecule is COc1ccc(Nc2ncnc3c2NCC3)cc1. The highest BCUT2D eigenvalue weighted by Crippen LogP contribution is 2.29. The van der Waals surface area contributed by atoms with Gasteiger partial charge in [-0.25, -0.2) is 9.97 Å². The average Bonchev–Trinajstić information content (AvgIpc) is 2.89. The van der Waals surface area contributed by atoms with Crippen LogP contribution in [0.3, 0.4) is 0 Å². The van der Waals surface area contributed by atoms with Crippen LogP contribution in [0.4, 0.5) is 17.2 Å². The molecule has 5 nitrogen and oxygen atoms in total. The van der Waals surface area contributed by atoms with Gasteiger partial charge in [-0.3, -0.25) is 0 Å². The molecule has 2 N–H and O–H groups in total. The standard InChI is InChI=1S/C13H14N4O/c1-18-10-4-2-9(3-5-10)17-13-12-11(6-7-14-12)15-8-16-13/h2-5,8,14H,6-7H2,1H3,(H,15,16,17). The van der Waals surface area contributed by atoms with Crippen LogP contribution in [-0.4, -0.2) is 23.6 Å². The van der Waals surface area contributed by atoms with Crippen LogP contribution < -0.4 is 15.4 Å². The van der Waals surface area contributed by atoms with Gasteiger partial charge in [-0.05, 0) is 24.3 Å². The van der Waals surface area contributed by atoms with Crippen molar-refractivity contribution in [2.75, 3.05) is 24.3 Å². The van der Waals surface area contributed by atoms with Gasteiger partial charge in [0.15, 0.2) is 5.82 Å². The molecule has 0 saturated carbocycles. The number of aromatic nitrogens is 2. The molecule has 2 aromatic rings. The van der Waals surface area contributed by atoms with Crippen molar-refractivity contribution in [2.24, 2.45) is 0 Å². The number of nitrogens with one attached hydrogen (secondary N) is 2. The Labute approximate surface area is 105 Å². The fourth-order valence-corrected chi connectivity index (χ4v) is 2.01. The van der Waals surface area contributed by atoms with E-state index in [2.05, 4.69) is 20.6 Å². The third-order valence-corrected chi connectivity index (χ3v) is 2.94. The summed E-state index contributed by atoms with van der Waals surface area (Å²) in [6.45, 7) is 0.922. The number of hydrogen-bond acceptors (Lipinski definition) is 5. The van der Waals surface area contributed by atoms with Gasteiger partial charge in [0.05, 0.1) is 18.5 Å². The maximum Gasteiger partial charge on any atom is 0.157 e. The highest BCUT2D eigenvalue weighted by molar-refractivity contribution is 5.74. The van der Waals surface area contributed by atoms with Gasteiger partial charge >= 0.3 is 0 Å². The Morgan fingerprint density at radius 1 is 1.22 bits per heavy atom. The summed E-state index contributed by atoms with van der Waals surface area (Å²) in [7, 11) is 1.66. The monoisotopic (exact) mass is 242 g/mol. The van der Waals surface area contributed by atoms with Crippen LogP contribution in [0.15, 0.2) is 30.6 Å². The first-order chi connectivity index (χ1) is 8.86. The van der Waals surface area contributed by atoms with Gasteiger partial charge in [0.25, 0.3) is 0 Å². The molecular weight excluding hydrogens is 228 g/mol. The molecule has 1 aliphatic heterocycles. The average molecular weight is 242 g/mol. The molecule has 0 amide bonds. The van der Waals surface area contributed by atoms with Crippen molar-refractivity contribution in [1.82, 2.24) is 9.97 Å². The molecule has 18 heavy (non-hydrogen) atoms. The maximum atomic E-state index is 5.13. The Hall–Kier alpha value is -2.30. The van der Waals surface area contributed by atoms with Crippen LogP contribution in [0.25, 0.3) is 0 Å². The zero-order valence-electron chi connectivity index (χ0n) is 10.1. The highest BCUT2D eigenvalue weighted by Gasteiger charge is 2.16. The van der Waals surface area contributed by atoms with E-state index in [1.54, 1.807) is 13.4 Å². The molecule has 5 heteroatoms. The van der Waals surface area contributed by atoms with Gasteiger partial charge in [0.2, 0.25) is 0 Å². The second kappa shape index (κ2) is 4.52. The number of benzene rings is 1. The van der Waals surface area contributed by atoms with E-state index in [0.717, 1.165) is 41.6 Å². The summed E-state index contributed by atoms with van der Waals surface area (Å²) in [6, 6.07) is 7.75. The summed E-state index contributed by atoms with van der Waals surface area (Å²) < 4.78 is 5.13. The predicted octanol–water partition coefficient (Wildman–Crippen LogP) is 2.20. The van der Waals surface area contributed by atoms with Crippen molar-refractivity contribution in [3.8, 4) is 5.75 Å². The second-order valence-electron chi connectivity index (χ2n) is 4.07. The van der Waals surface area contributed by atoms with Crippen molar-refractivity contribution in [3.63, 3.8) is 0 Å². The number of nitrogens with zero attached hydrogens (tertiary/aromatic N) is 2. The normalized spacial score (nSPS) is 12.7. The Kier molecular flexibility index (Phi) is 2.72. The molecule has 0 atom stereocenters. The summed E-state index contributed by atoms with van der Waals surface area (Å²) >= 11 is 0. The van der Waals surface area contributed by atoms with Crippen LogP contribution in [0.1, 0.15) is 5.69 Å². The molecule has 0 radical (unpaired) electrons. The third-order valence-electron chi connectivity index (χ3n) is 2.94. The zero-order valence-corrected chi connectivity index (χ0v) is 10.1. The Balaban J connectivity index is 1.86. The summed E-state index contributed by atoms with van der Waals surface area (Å²) in [5.74, 6) is 1.66. The Morgan fingerprint density at radius 3 is 2.83 bits per heavy atom. The summed E-state index contributed by atoms with van der Waals surface area (Å²) in [6.07, 6.45) is 2.55. The van der Waals surface area contributed by atoms with E-state index in [1.165, 1.54) is 0 Å². The lowest BCUT2D eigenvalue weighted by Crippen LogP contribution is -2.00. The Morgan fingerprint density at radius 2 is 2.06 bits per heavy atom. The topological polar surface area (TPSA) is 59.1 Å². The van der Waals surface area contributed by atoms with Crippen molar-refractivity contribution in [1.29, 1.82) is 0 Å². The largest absolute Gasteiger partial charge is 0.497 e. The van der Waals surface area contributed by atoms with Gasteiger partial charge in [0.1, 0.15) is 12.1 Å². The van der Waals surface area contributed by atoms with Crippen molar-refractivity contribution in [3.05, 3.63) is 36.3 Å². The van der Waals surface area contributed by atoms with E-state index >= 15 is 0 Å². The van der Waals surface area contributed by atoms with E-state index in [1.807, 2.05) is 24.3 Å². The molecule has 0 bridgehead atoms. The van der Waals surface area contributed by atoms with Crippen molar-refractivity contribution >= 4 is 17.2 Å². The fraction of sp³-hybridized carbons (Fsp3) is 0.231. The molecule has 1 aliphatic rings. The minimum atomic E-state index is 0.822. The molecule has 3 rings (SSSR count). The lowest BCUT2D eigenvalue weighted by atomic mass is 10.3. The summed E-state index contributed by atoms with van der Waals surface area (Å²) in [5, 5.41) is 6.59. The van der Waals surface area contributed by atoms with Crippen molar-refractivity contribution < 1.29 is 4.74 Å². The Bertz CT molecular complexity index is 553. The number of methoxy groups -OCH3 is 1. The number of anilines is 3. The molecule has 2 heterocycles. The number of hydrogen-bond donors (Lipinski definition) is 2. The molecule has 0 spiro atoms. The first kappa shape index (κ1) is 10.8. The quantitative estimate of drug-likeness (QED) is 0.864. The van der Waals surface area contributed by atoms with E-state index in [4.69, 9.17) is 4.74 Å². The van der Waals surface area contributed by atoms with E-state index in [0.29, 0.717) is 0 Å². The number of ether oxygens (including phenoxy) is 1. The zero-order chi connectivity index (χ0) is 12.4. The van der Waals surface area contributed by atoms with E-state index in [-0.39, 0.29) is 0 Å². The summed E-state index contributed by atoms with van der Waals surface area (Å²) in [4.78, 5) is 8.53.